The number of halogens is 1. The van der Waals surface area contributed by atoms with E-state index in [-0.39, 0.29) is 16.5 Å². The number of nitro benzene ring substituents is 1. The largest absolute Gasteiger partial charge is 0.493 e. The molecular formula is C27H30ClN3O7S2. The van der Waals surface area contributed by atoms with E-state index in [1.165, 1.54) is 12.1 Å². The van der Waals surface area contributed by atoms with Crippen molar-refractivity contribution in [2.45, 2.75) is 24.8 Å². The molecule has 0 aliphatic heterocycles. The quantitative estimate of drug-likeness (QED) is 0.142. The molecule has 0 bridgehead atoms. The summed E-state index contributed by atoms with van der Waals surface area (Å²) in [6, 6.07) is 12.6. The summed E-state index contributed by atoms with van der Waals surface area (Å²) in [6.07, 6.45) is 1.83. The van der Waals surface area contributed by atoms with Gasteiger partial charge in [0.2, 0.25) is 15.9 Å². The highest BCUT2D eigenvalue weighted by atomic mass is 35.5. The highest BCUT2D eigenvalue weighted by Gasteiger charge is 2.30. The molecule has 3 rings (SSSR count). The van der Waals surface area contributed by atoms with Gasteiger partial charge in [0.25, 0.3) is 5.69 Å². The van der Waals surface area contributed by atoms with E-state index in [1.807, 2.05) is 31.2 Å². The number of hydrogen-bond donors (Lipinski definition) is 0. The Kier molecular flexibility index (Phi) is 10.7. The van der Waals surface area contributed by atoms with Crippen LogP contribution in [0.4, 0.5) is 5.69 Å². The third-order valence-electron chi connectivity index (χ3n) is 6.01. The predicted molar refractivity (Wildman–Crippen MR) is 155 cm³/mol. The summed E-state index contributed by atoms with van der Waals surface area (Å²) in [7, 11) is -1.20. The van der Waals surface area contributed by atoms with E-state index in [2.05, 4.69) is 6.58 Å². The lowest BCUT2D eigenvalue weighted by Crippen LogP contribution is -2.43. The first kappa shape index (κ1) is 31.1. The minimum atomic E-state index is -4.29. The summed E-state index contributed by atoms with van der Waals surface area (Å²) in [5.74, 6) is 0.716. The van der Waals surface area contributed by atoms with Crippen LogP contribution in [0.3, 0.4) is 0 Å². The third kappa shape index (κ3) is 7.60. The van der Waals surface area contributed by atoms with E-state index >= 15 is 0 Å². The minimum Gasteiger partial charge on any atom is -0.493 e. The van der Waals surface area contributed by atoms with Crippen molar-refractivity contribution in [3.63, 3.8) is 0 Å². The summed E-state index contributed by atoms with van der Waals surface area (Å²) in [5, 5.41) is 11.1. The number of thiophene rings is 1. The molecule has 40 heavy (non-hydrogen) atoms. The van der Waals surface area contributed by atoms with Crippen molar-refractivity contribution < 1.29 is 27.6 Å². The van der Waals surface area contributed by atoms with Gasteiger partial charge >= 0.3 is 0 Å². The fourth-order valence-corrected chi connectivity index (χ4v) is 6.41. The van der Waals surface area contributed by atoms with E-state index in [1.54, 1.807) is 36.5 Å². The highest BCUT2D eigenvalue weighted by molar-refractivity contribution is 7.89. The average Bonchev–Trinajstić information content (AvgIpc) is 3.34. The lowest BCUT2D eigenvalue weighted by atomic mass is 10.1. The van der Waals surface area contributed by atoms with Crippen molar-refractivity contribution in [2.24, 2.45) is 0 Å². The van der Waals surface area contributed by atoms with E-state index < -0.39 is 33.1 Å². The molecule has 2 aromatic carbocycles. The van der Waals surface area contributed by atoms with Crippen LogP contribution in [0.2, 0.25) is 5.02 Å². The highest BCUT2D eigenvalue weighted by Crippen LogP contribution is 2.30. The zero-order chi connectivity index (χ0) is 29.4. The van der Waals surface area contributed by atoms with Gasteiger partial charge in [-0.1, -0.05) is 23.7 Å². The van der Waals surface area contributed by atoms with Gasteiger partial charge in [0, 0.05) is 28.9 Å². The van der Waals surface area contributed by atoms with Crippen molar-refractivity contribution in [1.82, 2.24) is 9.21 Å². The zero-order valence-electron chi connectivity index (χ0n) is 22.3. The Balaban J connectivity index is 1.88. The van der Waals surface area contributed by atoms with Crippen molar-refractivity contribution in [1.29, 1.82) is 0 Å². The molecule has 1 aromatic heterocycles. The van der Waals surface area contributed by atoms with Gasteiger partial charge in [-0.2, -0.15) is 4.31 Å². The smallest absolute Gasteiger partial charge is 0.289 e. The van der Waals surface area contributed by atoms with Crippen LogP contribution in [-0.4, -0.2) is 62.3 Å². The van der Waals surface area contributed by atoms with E-state index in [0.717, 1.165) is 31.8 Å². The maximum Gasteiger partial charge on any atom is 0.289 e. The summed E-state index contributed by atoms with van der Waals surface area (Å²) in [4.78, 5) is 27.5. The number of methoxy groups -OCH3 is 2. The number of carbonyl (C=O) groups is 1. The topological polar surface area (TPSA) is 119 Å². The summed E-state index contributed by atoms with van der Waals surface area (Å²) >= 11 is 7.42. The maximum absolute atomic E-state index is 13.6. The molecule has 13 heteroatoms. The predicted octanol–water partition coefficient (Wildman–Crippen LogP) is 5.08. The fraction of sp³-hybridized carbons (Fsp3) is 0.296. The molecule has 0 atom stereocenters. The van der Waals surface area contributed by atoms with Gasteiger partial charge < -0.3 is 14.4 Å². The van der Waals surface area contributed by atoms with E-state index in [9.17, 15) is 23.3 Å². The number of ether oxygens (including phenoxy) is 2. The average molecular weight is 608 g/mol. The molecule has 0 spiro atoms. The first-order chi connectivity index (χ1) is 19.0. The summed E-state index contributed by atoms with van der Waals surface area (Å²) in [6.45, 7) is 5.52. The normalized spacial score (nSPS) is 11.3. The molecule has 0 aliphatic carbocycles. The van der Waals surface area contributed by atoms with Crippen LogP contribution in [-0.2, 0) is 27.8 Å². The number of nitrogens with zero attached hydrogens (tertiary/aromatic N) is 3. The Labute approximate surface area is 242 Å². The zero-order valence-corrected chi connectivity index (χ0v) is 24.7. The molecule has 0 N–H and O–H groups in total. The first-order valence-corrected chi connectivity index (χ1v) is 14.7. The lowest BCUT2D eigenvalue weighted by Gasteiger charge is -2.27. The van der Waals surface area contributed by atoms with Gasteiger partial charge in [0.15, 0.2) is 11.5 Å². The van der Waals surface area contributed by atoms with Gasteiger partial charge in [0.05, 0.1) is 37.1 Å². The van der Waals surface area contributed by atoms with E-state index in [4.69, 9.17) is 21.1 Å². The van der Waals surface area contributed by atoms with Gasteiger partial charge in [-0.3, -0.25) is 14.9 Å². The number of benzene rings is 2. The number of nitro groups is 1. The molecular weight excluding hydrogens is 578 g/mol. The van der Waals surface area contributed by atoms with Crippen molar-refractivity contribution >= 4 is 44.6 Å². The number of hydrogen-bond acceptors (Lipinski definition) is 8. The molecule has 214 valence electrons. The molecule has 0 radical (unpaired) electrons. The number of carbonyl (C=O) groups excluding carboxylic acids is 1. The first-order valence-electron chi connectivity index (χ1n) is 12.1. The third-order valence-corrected chi connectivity index (χ3v) is 9.12. The van der Waals surface area contributed by atoms with Crippen molar-refractivity contribution in [3.8, 4) is 11.5 Å². The number of amides is 1. The lowest BCUT2D eigenvalue weighted by molar-refractivity contribution is -0.384. The molecule has 3 aromatic rings. The van der Waals surface area contributed by atoms with Gasteiger partial charge in [-0.05, 0) is 55.3 Å². The van der Waals surface area contributed by atoms with Gasteiger partial charge in [-0.25, -0.2) is 8.42 Å². The second kappa shape index (κ2) is 13.8. The summed E-state index contributed by atoms with van der Waals surface area (Å²) in [5.41, 5.74) is 0.360. The Morgan fingerprint density at radius 1 is 1.12 bits per heavy atom. The minimum absolute atomic E-state index is 0.174. The number of sulfonamides is 1. The molecule has 0 unspecified atom stereocenters. The maximum atomic E-state index is 13.6. The van der Waals surface area contributed by atoms with Gasteiger partial charge in [0.1, 0.15) is 5.02 Å². The molecule has 0 saturated carbocycles. The number of aryl methyl sites for hydroxylation is 1. The summed E-state index contributed by atoms with van der Waals surface area (Å²) < 4.78 is 38.5. The van der Waals surface area contributed by atoms with Crippen molar-refractivity contribution in [3.05, 3.63) is 91.6 Å². The van der Waals surface area contributed by atoms with Gasteiger partial charge in [-0.15, -0.1) is 17.9 Å². The van der Waals surface area contributed by atoms with Crippen LogP contribution >= 0.6 is 22.9 Å². The molecule has 0 aliphatic rings. The second-order valence-corrected chi connectivity index (χ2v) is 12.4. The molecule has 1 heterocycles. The fourth-order valence-electron chi connectivity index (χ4n) is 3.93. The molecule has 0 fully saturated rings. The Morgan fingerprint density at radius 3 is 2.45 bits per heavy atom. The van der Waals surface area contributed by atoms with Crippen LogP contribution < -0.4 is 9.47 Å². The molecule has 10 nitrogen and oxygen atoms in total. The number of rotatable bonds is 14. The Bertz CT molecular complexity index is 1490. The van der Waals surface area contributed by atoms with Crippen LogP contribution in [0.15, 0.2) is 66.1 Å². The monoisotopic (exact) mass is 607 g/mol. The Morgan fingerprint density at radius 2 is 1.85 bits per heavy atom. The van der Waals surface area contributed by atoms with Crippen LogP contribution in [0.5, 0.6) is 11.5 Å². The standard InChI is InChI=1S/C27H30ClN3O7S2/c1-5-13-30(40(35,36)22-9-10-23(28)24(16-22)31(33)34)18-27(32)29(17-21-8-6-19(2)39-21)14-12-20-7-11-25(37-3)26(15-20)38-4/h5-11,15-16H,1,12-14,17-18H2,2-4H3. The second-order valence-electron chi connectivity index (χ2n) is 8.72. The van der Waals surface area contributed by atoms with Crippen LogP contribution in [0.25, 0.3) is 0 Å². The van der Waals surface area contributed by atoms with E-state index in [0.29, 0.717) is 31.0 Å². The molecule has 0 saturated heterocycles. The van der Waals surface area contributed by atoms with Crippen LogP contribution in [0.1, 0.15) is 15.3 Å². The molecule has 1 amide bonds. The Hall–Kier alpha value is -3.45. The van der Waals surface area contributed by atoms with Crippen molar-refractivity contribution in [2.75, 3.05) is 33.9 Å². The SMILES string of the molecule is C=CCN(CC(=O)N(CCc1ccc(OC)c(OC)c1)Cc1ccc(C)s1)S(=O)(=O)c1ccc(Cl)c([N+](=O)[O-])c1. The van der Waals surface area contributed by atoms with Crippen LogP contribution in [0, 0.1) is 17.0 Å².